The number of carbonyl (C=O) groups excluding carboxylic acids is 2. The Morgan fingerprint density at radius 2 is 1.95 bits per heavy atom. The molecule has 1 heterocycles. The van der Waals surface area contributed by atoms with E-state index in [1.165, 1.54) is 0 Å². The summed E-state index contributed by atoms with van der Waals surface area (Å²) in [7, 11) is 0. The van der Waals surface area contributed by atoms with Crippen LogP contribution in [0.15, 0.2) is 24.5 Å². The monoisotopic (exact) mass is 277 g/mol. The number of aromatic nitrogens is 1. The van der Waals surface area contributed by atoms with Crippen LogP contribution < -0.4 is 5.32 Å². The van der Waals surface area contributed by atoms with Crippen LogP contribution >= 0.6 is 0 Å². The van der Waals surface area contributed by atoms with Crippen molar-refractivity contribution >= 4 is 11.8 Å². The predicted molar refractivity (Wildman–Crippen MR) is 78.1 cm³/mol. The molecule has 0 fully saturated rings. The van der Waals surface area contributed by atoms with Gasteiger partial charge < -0.3 is 10.2 Å². The maximum atomic E-state index is 12.0. The van der Waals surface area contributed by atoms with E-state index in [2.05, 4.69) is 10.3 Å². The SMILES string of the molecule is CCC(C)NC(=O)C(=O)N(CC)CCc1ccncc1. The first-order valence-electron chi connectivity index (χ1n) is 7.07. The van der Waals surface area contributed by atoms with Crippen molar-refractivity contribution in [2.75, 3.05) is 13.1 Å². The largest absolute Gasteiger partial charge is 0.345 e. The van der Waals surface area contributed by atoms with Crippen LogP contribution in [0.2, 0.25) is 0 Å². The van der Waals surface area contributed by atoms with Crippen molar-refractivity contribution in [1.29, 1.82) is 0 Å². The van der Waals surface area contributed by atoms with Crippen molar-refractivity contribution in [3.05, 3.63) is 30.1 Å². The quantitative estimate of drug-likeness (QED) is 0.799. The van der Waals surface area contributed by atoms with Gasteiger partial charge in [-0.25, -0.2) is 0 Å². The lowest BCUT2D eigenvalue weighted by atomic mass is 10.2. The van der Waals surface area contributed by atoms with Gasteiger partial charge in [0, 0.05) is 31.5 Å². The van der Waals surface area contributed by atoms with Crippen molar-refractivity contribution in [3.63, 3.8) is 0 Å². The second kappa shape index (κ2) is 8.30. The van der Waals surface area contributed by atoms with Crippen LogP contribution in [0.3, 0.4) is 0 Å². The van der Waals surface area contributed by atoms with Gasteiger partial charge in [0.2, 0.25) is 0 Å². The molecule has 0 bridgehead atoms. The number of carbonyl (C=O) groups is 2. The zero-order valence-electron chi connectivity index (χ0n) is 12.4. The minimum atomic E-state index is -0.518. The standard InChI is InChI=1S/C15H23N3O2/c1-4-12(3)17-14(19)15(20)18(5-2)11-8-13-6-9-16-10-7-13/h6-7,9-10,12H,4-5,8,11H2,1-3H3,(H,17,19). The van der Waals surface area contributed by atoms with Crippen LogP contribution in [0.25, 0.3) is 0 Å². The van der Waals surface area contributed by atoms with Crippen molar-refractivity contribution in [2.45, 2.75) is 39.7 Å². The second-order valence-electron chi connectivity index (χ2n) is 4.77. The molecule has 0 aliphatic carbocycles. The Bertz CT molecular complexity index is 434. The number of pyridine rings is 1. The van der Waals surface area contributed by atoms with Crippen LogP contribution in [-0.4, -0.2) is 40.8 Å². The summed E-state index contributed by atoms with van der Waals surface area (Å²) in [4.78, 5) is 29.4. The van der Waals surface area contributed by atoms with Gasteiger partial charge in [0.15, 0.2) is 0 Å². The van der Waals surface area contributed by atoms with Gasteiger partial charge in [-0.2, -0.15) is 0 Å². The number of rotatable bonds is 6. The molecule has 0 saturated heterocycles. The highest BCUT2D eigenvalue weighted by Crippen LogP contribution is 2.01. The summed E-state index contributed by atoms with van der Waals surface area (Å²) in [6.45, 7) is 6.79. The Morgan fingerprint density at radius 3 is 2.50 bits per heavy atom. The Hall–Kier alpha value is -1.91. The van der Waals surface area contributed by atoms with Crippen LogP contribution in [-0.2, 0) is 16.0 Å². The third-order valence-electron chi connectivity index (χ3n) is 3.27. The fourth-order valence-corrected chi connectivity index (χ4v) is 1.75. The summed E-state index contributed by atoms with van der Waals surface area (Å²) in [5, 5.41) is 2.70. The Morgan fingerprint density at radius 1 is 1.30 bits per heavy atom. The normalized spacial score (nSPS) is 11.8. The number of amides is 2. The Balaban J connectivity index is 2.52. The minimum Gasteiger partial charge on any atom is -0.345 e. The predicted octanol–water partition coefficient (Wildman–Crippen LogP) is 1.39. The van der Waals surface area contributed by atoms with Crippen LogP contribution in [0.1, 0.15) is 32.8 Å². The molecule has 20 heavy (non-hydrogen) atoms. The van der Waals surface area contributed by atoms with E-state index in [4.69, 9.17) is 0 Å². The van der Waals surface area contributed by atoms with Gasteiger partial charge in [0.25, 0.3) is 0 Å². The number of hydrogen-bond acceptors (Lipinski definition) is 3. The van der Waals surface area contributed by atoms with E-state index >= 15 is 0 Å². The highest BCUT2D eigenvalue weighted by Gasteiger charge is 2.21. The molecule has 0 spiro atoms. The lowest BCUT2D eigenvalue weighted by Crippen LogP contribution is -2.46. The molecule has 0 radical (unpaired) electrons. The van der Waals surface area contributed by atoms with Gasteiger partial charge in [-0.1, -0.05) is 6.92 Å². The molecular weight excluding hydrogens is 254 g/mol. The van der Waals surface area contributed by atoms with Gasteiger partial charge in [0.1, 0.15) is 0 Å². The number of hydrogen-bond donors (Lipinski definition) is 1. The number of nitrogens with zero attached hydrogens (tertiary/aromatic N) is 2. The maximum absolute atomic E-state index is 12.0. The van der Waals surface area contributed by atoms with E-state index in [9.17, 15) is 9.59 Å². The topological polar surface area (TPSA) is 62.3 Å². The van der Waals surface area contributed by atoms with E-state index in [1.807, 2.05) is 32.9 Å². The molecule has 1 atom stereocenters. The molecule has 1 unspecified atom stereocenters. The molecule has 1 N–H and O–H groups in total. The van der Waals surface area contributed by atoms with Gasteiger partial charge >= 0.3 is 11.8 Å². The highest BCUT2D eigenvalue weighted by molar-refractivity contribution is 6.35. The average molecular weight is 277 g/mol. The molecule has 110 valence electrons. The first-order valence-corrected chi connectivity index (χ1v) is 7.07. The van der Waals surface area contributed by atoms with E-state index in [-0.39, 0.29) is 6.04 Å². The molecule has 0 aliphatic rings. The number of likely N-dealkylation sites (N-methyl/N-ethyl adjacent to an activating group) is 1. The molecule has 5 nitrogen and oxygen atoms in total. The van der Waals surface area contributed by atoms with E-state index in [1.54, 1.807) is 17.3 Å². The molecule has 0 saturated carbocycles. The summed E-state index contributed by atoms with van der Waals surface area (Å²) < 4.78 is 0. The summed E-state index contributed by atoms with van der Waals surface area (Å²) >= 11 is 0. The van der Waals surface area contributed by atoms with Crippen molar-refractivity contribution in [3.8, 4) is 0 Å². The fraction of sp³-hybridized carbons (Fsp3) is 0.533. The lowest BCUT2D eigenvalue weighted by Gasteiger charge is -2.21. The summed E-state index contributed by atoms with van der Waals surface area (Å²) in [6, 6.07) is 3.85. The van der Waals surface area contributed by atoms with Gasteiger partial charge in [-0.15, -0.1) is 0 Å². The maximum Gasteiger partial charge on any atom is 0.311 e. The summed E-state index contributed by atoms with van der Waals surface area (Å²) in [5.41, 5.74) is 1.11. The molecule has 5 heteroatoms. The van der Waals surface area contributed by atoms with Gasteiger partial charge in [-0.3, -0.25) is 14.6 Å². The molecule has 1 aromatic heterocycles. The lowest BCUT2D eigenvalue weighted by molar-refractivity contribution is -0.146. The third kappa shape index (κ3) is 4.99. The zero-order chi connectivity index (χ0) is 15.0. The van der Waals surface area contributed by atoms with Crippen molar-refractivity contribution < 1.29 is 9.59 Å². The van der Waals surface area contributed by atoms with E-state index in [0.717, 1.165) is 18.4 Å². The molecule has 2 amide bonds. The second-order valence-corrected chi connectivity index (χ2v) is 4.77. The first-order chi connectivity index (χ1) is 9.58. The zero-order valence-corrected chi connectivity index (χ0v) is 12.4. The van der Waals surface area contributed by atoms with E-state index < -0.39 is 11.8 Å². The van der Waals surface area contributed by atoms with E-state index in [0.29, 0.717) is 13.1 Å². The third-order valence-corrected chi connectivity index (χ3v) is 3.27. The number of nitrogens with one attached hydrogen (secondary N) is 1. The smallest absolute Gasteiger partial charge is 0.311 e. The van der Waals surface area contributed by atoms with Gasteiger partial charge in [0.05, 0.1) is 0 Å². The highest BCUT2D eigenvalue weighted by atomic mass is 16.2. The Labute approximate surface area is 120 Å². The molecule has 1 rings (SSSR count). The molecular formula is C15H23N3O2. The minimum absolute atomic E-state index is 0.0188. The summed E-state index contributed by atoms with van der Waals surface area (Å²) in [5.74, 6) is -0.974. The molecule has 0 aliphatic heterocycles. The van der Waals surface area contributed by atoms with Crippen molar-refractivity contribution in [2.24, 2.45) is 0 Å². The molecule has 0 aromatic carbocycles. The van der Waals surface area contributed by atoms with Crippen LogP contribution in [0.4, 0.5) is 0 Å². The fourth-order valence-electron chi connectivity index (χ4n) is 1.75. The van der Waals surface area contributed by atoms with Crippen molar-refractivity contribution in [1.82, 2.24) is 15.2 Å². The average Bonchev–Trinajstić information content (AvgIpc) is 2.48. The van der Waals surface area contributed by atoms with Crippen LogP contribution in [0.5, 0.6) is 0 Å². The van der Waals surface area contributed by atoms with Gasteiger partial charge in [-0.05, 0) is 44.4 Å². The van der Waals surface area contributed by atoms with Crippen LogP contribution in [0, 0.1) is 0 Å². The Kier molecular flexibility index (Phi) is 6.70. The molecule has 1 aromatic rings. The first kappa shape index (κ1) is 16.1. The summed E-state index contributed by atoms with van der Waals surface area (Å²) in [6.07, 6.45) is 4.98.